The largest absolute Gasteiger partial charge is 0.393 e. The third-order valence-electron chi connectivity index (χ3n) is 2.13. The summed E-state index contributed by atoms with van der Waals surface area (Å²) in [5, 5.41) is 2.48. The Hall–Kier alpha value is -1.17. The third kappa shape index (κ3) is 4.73. The van der Waals surface area contributed by atoms with Gasteiger partial charge in [-0.3, -0.25) is 9.59 Å². The number of hydrogen-bond donors (Lipinski definition) is 2. The molecule has 1 unspecified atom stereocenters. The highest BCUT2D eigenvalue weighted by molar-refractivity contribution is 7.80. The van der Waals surface area contributed by atoms with Gasteiger partial charge in [0, 0.05) is 13.6 Å². The van der Waals surface area contributed by atoms with Crippen LogP contribution >= 0.6 is 12.2 Å². The van der Waals surface area contributed by atoms with Gasteiger partial charge in [0.05, 0.1) is 17.5 Å². The van der Waals surface area contributed by atoms with Gasteiger partial charge in [-0.25, -0.2) is 0 Å². The Bertz CT molecular complexity index is 268. The van der Waals surface area contributed by atoms with Crippen LogP contribution in [0.2, 0.25) is 0 Å². The number of nitrogens with zero attached hydrogens (tertiary/aromatic N) is 1. The minimum Gasteiger partial charge on any atom is -0.393 e. The maximum atomic E-state index is 11.4. The SMILES string of the molecule is CCN(C)C(=O)CNC(=O)C(C)C(N)=S. The molecule has 3 N–H and O–H groups in total. The van der Waals surface area contributed by atoms with E-state index >= 15 is 0 Å². The maximum absolute atomic E-state index is 11.4. The van der Waals surface area contributed by atoms with E-state index in [-0.39, 0.29) is 23.3 Å². The summed E-state index contributed by atoms with van der Waals surface area (Å²) in [4.78, 5) is 24.3. The fourth-order valence-corrected chi connectivity index (χ4v) is 0.863. The Kier molecular flexibility index (Phi) is 5.84. The number of nitrogens with one attached hydrogen (secondary N) is 1. The number of carbonyl (C=O) groups excluding carboxylic acids is 2. The molecule has 5 nitrogen and oxygen atoms in total. The van der Waals surface area contributed by atoms with Gasteiger partial charge in [-0.15, -0.1) is 0 Å². The summed E-state index contributed by atoms with van der Waals surface area (Å²) in [6, 6.07) is 0. The standard InChI is InChI=1S/C9H17N3O2S/c1-4-12(3)7(13)5-11-9(14)6(2)8(10)15/h6H,4-5H2,1-3H3,(H2,10,15)(H,11,14). The Labute approximate surface area is 95.0 Å². The molecule has 0 aliphatic rings. The highest BCUT2D eigenvalue weighted by Gasteiger charge is 2.16. The monoisotopic (exact) mass is 231 g/mol. The lowest BCUT2D eigenvalue weighted by molar-refractivity contribution is -0.132. The predicted molar refractivity (Wildman–Crippen MR) is 62.3 cm³/mol. The van der Waals surface area contributed by atoms with Crippen LogP contribution in [0.1, 0.15) is 13.8 Å². The first-order valence-corrected chi connectivity index (χ1v) is 5.12. The van der Waals surface area contributed by atoms with Crippen LogP contribution in [0.4, 0.5) is 0 Å². The molecule has 0 spiro atoms. The molecule has 0 saturated heterocycles. The molecule has 0 heterocycles. The molecule has 0 saturated carbocycles. The molecule has 2 amide bonds. The minimum atomic E-state index is -0.542. The van der Waals surface area contributed by atoms with Gasteiger partial charge in [-0.1, -0.05) is 12.2 Å². The van der Waals surface area contributed by atoms with E-state index in [0.717, 1.165) is 0 Å². The first kappa shape index (κ1) is 13.8. The van der Waals surface area contributed by atoms with E-state index in [1.165, 1.54) is 4.90 Å². The number of thiocarbonyl (C=S) groups is 1. The van der Waals surface area contributed by atoms with E-state index in [0.29, 0.717) is 6.54 Å². The van der Waals surface area contributed by atoms with Crippen molar-refractivity contribution in [3.8, 4) is 0 Å². The molecule has 0 aromatic rings. The van der Waals surface area contributed by atoms with Crippen molar-refractivity contribution in [2.24, 2.45) is 11.7 Å². The summed E-state index contributed by atoms with van der Waals surface area (Å²) in [6.07, 6.45) is 0. The zero-order valence-corrected chi connectivity index (χ0v) is 10.1. The molecule has 15 heavy (non-hydrogen) atoms. The lowest BCUT2D eigenvalue weighted by Gasteiger charge is -2.16. The van der Waals surface area contributed by atoms with Crippen LogP contribution in [0.15, 0.2) is 0 Å². The summed E-state index contributed by atoms with van der Waals surface area (Å²) < 4.78 is 0. The lowest BCUT2D eigenvalue weighted by atomic mass is 10.1. The number of hydrogen-bond acceptors (Lipinski definition) is 3. The Morgan fingerprint density at radius 1 is 1.53 bits per heavy atom. The average Bonchev–Trinajstić information content (AvgIpc) is 2.22. The van der Waals surface area contributed by atoms with Crippen LogP contribution in [0.5, 0.6) is 0 Å². The van der Waals surface area contributed by atoms with Crippen molar-refractivity contribution >= 4 is 29.0 Å². The smallest absolute Gasteiger partial charge is 0.241 e. The van der Waals surface area contributed by atoms with Crippen LogP contribution in [-0.2, 0) is 9.59 Å². The lowest BCUT2D eigenvalue weighted by Crippen LogP contribution is -2.42. The van der Waals surface area contributed by atoms with Crippen LogP contribution in [-0.4, -0.2) is 41.8 Å². The predicted octanol–water partition coefficient (Wildman–Crippen LogP) is -0.497. The summed E-state index contributed by atoms with van der Waals surface area (Å²) in [7, 11) is 1.67. The molecular weight excluding hydrogens is 214 g/mol. The van der Waals surface area contributed by atoms with Gasteiger partial charge in [-0.05, 0) is 13.8 Å². The van der Waals surface area contributed by atoms with Gasteiger partial charge in [0.1, 0.15) is 0 Å². The molecule has 0 rings (SSSR count). The number of amides is 2. The second-order valence-electron chi connectivity index (χ2n) is 3.25. The van der Waals surface area contributed by atoms with Crippen LogP contribution < -0.4 is 11.1 Å². The van der Waals surface area contributed by atoms with Crippen LogP contribution in [0.3, 0.4) is 0 Å². The van der Waals surface area contributed by atoms with Crippen LogP contribution in [0.25, 0.3) is 0 Å². The average molecular weight is 231 g/mol. The maximum Gasteiger partial charge on any atom is 0.241 e. The molecule has 1 atom stereocenters. The normalized spacial score (nSPS) is 11.7. The molecular formula is C9H17N3O2S. The summed E-state index contributed by atoms with van der Waals surface area (Å²) in [6.45, 7) is 4.05. The molecule has 6 heteroatoms. The highest BCUT2D eigenvalue weighted by atomic mass is 32.1. The van der Waals surface area contributed by atoms with Crippen molar-refractivity contribution in [3.05, 3.63) is 0 Å². The van der Waals surface area contributed by atoms with Gasteiger partial charge in [0.15, 0.2) is 0 Å². The van der Waals surface area contributed by atoms with Gasteiger partial charge < -0.3 is 16.0 Å². The van der Waals surface area contributed by atoms with Gasteiger partial charge in [-0.2, -0.15) is 0 Å². The van der Waals surface area contributed by atoms with Crippen molar-refractivity contribution in [2.45, 2.75) is 13.8 Å². The second kappa shape index (κ2) is 6.34. The van der Waals surface area contributed by atoms with Crippen molar-refractivity contribution < 1.29 is 9.59 Å². The van der Waals surface area contributed by atoms with E-state index in [2.05, 4.69) is 17.5 Å². The molecule has 0 aliphatic carbocycles. The molecule has 0 fully saturated rings. The Morgan fingerprint density at radius 2 is 2.07 bits per heavy atom. The Morgan fingerprint density at radius 3 is 2.47 bits per heavy atom. The zero-order chi connectivity index (χ0) is 12.0. The van der Waals surface area contributed by atoms with Crippen molar-refractivity contribution in [3.63, 3.8) is 0 Å². The summed E-state index contributed by atoms with van der Waals surface area (Å²) in [5.41, 5.74) is 5.30. The van der Waals surface area contributed by atoms with Crippen LogP contribution in [0, 0.1) is 5.92 Å². The fraction of sp³-hybridized carbons (Fsp3) is 0.667. The molecule has 0 aromatic heterocycles. The zero-order valence-electron chi connectivity index (χ0n) is 9.24. The fourth-order valence-electron chi connectivity index (χ4n) is 0.756. The van der Waals surface area contributed by atoms with E-state index in [9.17, 15) is 9.59 Å². The number of carbonyl (C=O) groups is 2. The number of rotatable bonds is 5. The molecule has 0 aromatic carbocycles. The van der Waals surface area contributed by atoms with Crippen molar-refractivity contribution in [2.75, 3.05) is 20.1 Å². The summed E-state index contributed by atoms with van der Waals surface area (Å²) in [5.74, 6) is -0.999. The van der Waals surface area contributed by atoms with E-state index in [4.69, 9.17) is 5.73 Å². The quantitative estimate of drug-likeness (QED) is 0.626. The second-order valence-corrected chi connectivity index (χ2v) is 3.72. The first-order valence-electron chi connectivity index (χ1n) is 4.71. The number of nitrogens with two attached hydrogens (primary N) is 1. The Balaban J connectivity index is 4.01. The number of likely N-dealkylation sites (N-methyl/N-ethyl adjacent to an activating group) is 1. The van der Waals surface area contributed by atoms with E-state index in [1.54, 1.807) is 14.0 Å². The third-order valence-corrected chi connectivity index (χ3v) is 2.49. The summed E-state index contributed by atoms with van der Waals surface area (Å²) >= 11 is 4.67. The van der Waals surface area contributed by atoms with Crippen molar-refractivity contribution in [1.29, 1.82) is 0 Å². The molecule has 0 radical (unpaired) electrons. The molecule has 0 bridgehead atoms. The van der Waals surface area contributed by atoms with Gasteiger partial charge in [0.2, 0.25) is 11.8 Å². The van der Waals surface area contributed by atoms with E-state index in [1.807, 2.05) is 6.92 Å². The van der Waals surface area contributed by atoms with Gasteiger partial charge in [0.25, 0.3) is 0 Å². The molecule has 0 aliphatic heterocycles. The van der Waals surface area contributed by atoms with Crippen molar-refractivity contribution in [1.82, 2.24) is 10.2 Å². The molecule has 86 valence electrons. The topological polar surface area (TPSA) is 75.4 Å². The van der Waals surface area contributed by atoms with E-state index < -0.39 is 5.92 Å². The first-order chi connectivity index (χ1) is 6.90. The highest BCUT2D eigenvalue weighted by Crippen LogP contribution is 1.94. The van der Waals surface area contributed by atoms with Gasteiger partial charge >= 0.3 is 0 Å². The minimum absolute atomic E-state index is 0.0177.